The molecule has 0 spiro atoms. The van der Waals surface area contributed by atoms with Crippen molar-refractivity contribution < 1.29 is 13.2 Å². The number of hydrogen-bond donors (Lipinski definition) is 2. The molecule has 1 aromatic carbocycles. The zero-order chi connectivity index (χ0) is 15.6. The van der Waals surface area contributed by atoms with E-state index in [1.54, 1.807) is 0 Å². The molecule has 0 atom stereocenters. The highest BCUT2D eigenvalue weighted by Gasteiger charge is 2.34. The Balaban J connectivity index is 3.15. The van der Waals surface area contributed by atoms with Crippen molar-refractivity contribution in [3.05, 3.63) is 29.3 Å². The van der Waals surface area contributed by atoms with Crippen molar-refractivity contribution in [2.45, 2.75) is 45.3 Å². The summed E-state index contributed by atoms with van der Waals surface area (Å²) in [7, 11) is 0. The van der Waals surface area contributed by atoms with Crippen LogP contribution in [0.1, 0.15) is 44.7 Å². The minimum atomic E-state index is -4.46. The van der Waals surface area contributed by atoms with Crippen molar-refractivity contribution >= 4 is 22.9 Å². The molecule has 6 heteroatoms. The highest BCUT2D eigenvalue weighted by Crippen LogP contribution is 2.34. The lowest BCUT2D eigenvalue weighted by Gasteiger charge is -2.27. The zero-order valence-electron chi connectivity index (χ0n) is 11.8. The number of halogens is 3. The van der Waals surface area contributed by atoms with Gasteiger partial charge in [0, 0.05) is 16.8 Å². The molecule has 0 aliphatic heterocycles. The Kier molecular flexibility index (Phi) is 5.02. The van der Waals surface area contributed by atoms with Crippen molar-refractivity contribution in [3.63, 3.8) is 0 Å². The summed E-state index contributed by atoms with van der Waals surface area (Å²) >= 11 is 4.72. The number of anilines is 1. The van der Waals surface area contributed by atoms with Crippen LogP contribution in [-0.2, 0) is 6.18 Å². The second kappa shape index (κ2) is 5.99. The van der Waals surface area contributed by atoms with Crippen molar-refractivity contribution in [2.24, 2.45) is 5.73 Å². The van der Waals surface area contributed by atoms with Crippen LogP contribution in [0.5, 0.6) is 0 Å². The third kappa shape index (κ3) is 4.37. The van der Waals surface area contributed by atoms with E-state index < -0.39 is 11.7 Å². The van der Waals surface area contributed by atoms with Crippen LogP contribution in [0, 0.1) is 0 Å². The molecule has 0 unspecified atom stereocenters. The molecular weight excluding hydrogens is 285 g/mol. The summed E-state index contributed by atoms with van der Waals surface area (Å²) in [5.41, 5.74) is 4.83. The molecule has 0 saturated carbocycles. The molecule has 2 nitrogen and oxygen atoms in total. The molecule has 20 heavy (non-hydrogen) atoms. The van der Waals surface area contributed by atoms with Crippen LogP contribution in [0.15, 0.2) is 18.2 Å². The van der Waals surface area contributed by atoms with E-state index in [-0.39, 0.29) is 16.1 Å². The molecular formula is C14H19F3N2S. The highest BCUT2D eigenvalue weighted by atomic mass is 32.1. The van der Waals surface area contributed by atoms with Crippen molar-refractivity contribution in [3.8, 4) is 0 Å². The van der Waals surface area contributed by atoms with E-state index in [9.17, 15) is 13.2 Å². The fraction of sp³-hybridized carbons (Fsp3) is 0.500. The average molecular weight is 304 g/mol. The van der Waals surface area contributed by atoms with Gasteiger partial charge < -0.3 is 11.1 Å². The number of benzene rings is 1. The predicted octanol–water partition coefficient (Wildman–Crippen LogP) is 4.33. The Morgan fingerprint density at radius 2 is 1.90 bits per heavy atom. The van der Waals surface area contributed by atoms with E-state index >= 15 is 0 Å². The van der Waals surface area contributed by atoms with Gasteiger partial charge >= 0.3 is 6.18 Å². The van der Waals surface area contributed by atoms with Crippen LogP contribution in [0.3, 0.4) is 0 Å². The van der Waals surface area contributed by atoms with Crippen LogP contribution in [0.2, 0.25) is 0 Å². The first-order chi connectivity index (χ1) is 9.07. The maximum absolute atomic E-state index is 12.9. The quantitative estimate of drug-likeness (QED) is 0.795. The molecule has 0 aliphatic rings. The average Bonchev–Trinajstić information content (AvgIpc) is 2.26. The molecule has 0 aromatic heterocycles. The van der Waals surface area contributed by atoms with Gasteiger partial charge in [-0.2, -0.15) is 13.2 Å². The number of thiocarbonyl (C=S) groups is 1. The van der Waals surface area contributed by atoms with Gasteiger partial charge in [0.1, 0.15) is 4.99 Å². The summed E-state index contributed by atoms with van der Waals surface area (Å²) in [5.74, 6) is 0. The normalized spacial score (nSPS) is 12.3. The van der Waals surface area contributed by atoms with Gasteiger partial charge in [-0.3, -0.25) is 0 Å². The molecule has 0 radical (unpaired) electrons. The van der Waals surface area contributed by atoms with Gasteiger partial charge in [0.05, 0.1) is 5.56 Å². The number of nitrogens with two attached hydrogens (primary N) is 1. The van der Waals surface area contributed by atoms with Gasteiger partial charge in [-0.15, -0.1) is 0 Å². The molecule has 112 valence electrons. The predicted molar refractivity (Wildman–Crippen MR) is 79.9 cm³/mol. The Hall–Kier alpha value is -1.30. The summed E-state index contributed by atoms with van der Waals surface area (Å²) in [6, 6.07) is 3.78. The maximum atomic E-state index is 12.9. The fourth-order valence-electron chi connectivity index (χ4n) is 2.15. The van der Waals surface area contributed by atoms with Crippen LogP contribution in [-0.4, -0.2) is 10.5 Å². The first-order valence-corrected chi connectivity index (χ1v) is 6.77. The molecule has 1 aromatic rings. The minimum absolute atomic E-state index is 0.148. The largest absolute Gasteiger partial charge is 0.417 e. The molecule has 0 saturated heterocycles. The second-order valence-corrected chi connectivity index (χ2v) is 5.82. The lowest BCUT2D eigenvalue weighted by molar-refractivity contribution is -0.137. The summed E-state index contributed by atoms with van der Waals surface area (Å²) in [6.45, 7) is 6.04. The number of rotatable bonds is 5. The van der Waals surface area contributed by atoms with Gasteiger partial charge in [-0.05, 0) is 38.5 Å². The Bertz CT molecular complexity index is 496. The van der Waals surface area contributed by atoms with E-state index in [2.05, 4.69) is 12.2 Å². The van der Waals surface area contributed by atoms with Gasteiger partial charge in [0.15, 0.2) is 0 Å². The topological polar surface area (TPSA) is 38.0 Å². The Morgan fingerprint density at radius 1 is 1.30 bits per heavy atom. The lowest BCUT2D eigenvalue weighted by atomic mass is 9.97. The van der Waals surface area contributed by atoms with Crippen molar-refractivity contribution in [1.82, 2.24) is 0 Å². The molecule has 3 N–H and O–H groups in total. The Morgan fingerprint density at radius 3 is 2.35 bits per heavy atom. The summed E-state index contributed by atoms with van der Waals surface area (Å²) < 4.78 is 38.6. The molecule has 0 fully saturated rings. The third-order valence-corrected chi connectivity index (χ3v) is 3.17. The first-order valence-electron chi connectivity index (χ1n) is 6.36. The SMILES string of the molecule is CCCC(C)(C)Nc1ccc(C(F)(F)F)c(C(N)=S)c1. The third-order valence-electron chi connectivity index (χ3n) is 2.95. The smallest absolute Gasteiger partial charge is 0.389 e. The van der Waals surface area contributed by atoms with E-state index in [0.717, 1.165) is 18.9 Å². The van der Waals surface area contributed by atoms with Crippen LogP contribution in [0.4, 0.5) is 18.9 Å². The van der Waals surface area contributed by atoms with Gasteiger partial charge in [-0.1, -0.05) is 25.6 Å². The second-order valence-electron chi connectivity index (χ2n) is 5.38. The van der Waals surface area contributed by atoms with Gasteiger partial charge in [0.2, 0.25) is 0 Å². The highest BCUT2D eigenvalue weighted by molar-refractivity contribution is 7.80. The first kappa shape index (κ1) is 16.8. The summed E-state index contributed by atoms with van der Waals surface area (Å²) in [6.07, 6.45) is -2.59. The summed E-state index contributed by atoms with van der Waals surface area (Å²) in [5, 5.41) is 3.21. The van der Waals surface area contributed by atoms with Crippen LogP contribution in [0.25, 0.3) is 0 Å². The number of nitrogens with one attached hydrogen (secondary N) is 1. The minimum Gasteiger partial charge on any atom is -0.389 e. The van der Waals surface area contributed by atoms with Gasteiger partial charge in [0.25, 0.3) is 0 Å². The van der Waals surface area contributed by atoms with E-state index in [1.807, 2.05) is 13.8 Å². The van der Waals surface area contributed by atoms with E-state index in [1.165, 1.54) is 12.1 Å². The number of hydrogen-bond acceptors (Lipinski definition) is 2. The zero-order valence-corrected chi connectivity index (χ0v) is 12.6. The van der Waals surface area contributed by atoms with Gasteiger partial charge in [-0.25, -0.2) is 0 Å². The molecule has 0 heterocycles. The molecule has 1 rings (SSSR count). The summed E-state index contributed by atoms with van der Waals surface area (Å²) in [4.78, 5) is -0.255. The fourth-order valence-corrected chi connectivity index (χ4v) is 2.32. The van der Waals surface area contributed by atoms with Crippen molar-refractivity contribution in [2.75, 3.05) is 5.32 Å². The van der Waals surface area contributed by atoms with E-state index in [4.69, 9.17) is 18.0 Å². The van der Waals surface area contributed by atoms with Crippen LogP contribution >= 0.6 is 12.2 Å². The lowest BCUT2D eigenvalue weighted by Crippen LogP contribution is -2.30. The monoisotopic (exact) mass is 304 g/mol. The van der Waals surface area contributed by atoms with Crippen LogP contribution < -0.4 is 11.1 Å². The van der Waals surface area contributed by atoms with E-state index in [0.29, 0.717) is 5.69 Å². The number of alkyl halides is 3. The maximum Gasteiger partial charge on any atom is 0.417 e. The standard InChI is InChI=1S/C14H19F3N2S/c1-4-7-13(2,3)19-9-5-6-11(14(15,16)17)10(8-9)12(18)20/h5-6,8,19H,4,7H2,1-3H3,(H2,18,20). The molecule has 0 bridgehead atoms. The molecule has 0 aliphatic carbocycles. The Labute approximate surface area is 122 Å². The molecule has 0 amide bonds. The van der Waals surface area contributed by atoms with Crippen molar-refractivity contribution in [1.29, 1.82) is 0 Å².